The number of aryl methyl sites for hydroxylation is 1. The summed E-state index contributed by atoms with van der Waals surface area (Å²) in [6, 6.07) is 6.04. The van der Waals surface area contributed by atoms with Crippen LogP contribution in [-0.4, -0.2) is 23.1 Å². The van der Waals surface area contributed by atoms with E-state index in [4.69, 9.17) is 4.74 Å². The minimum absolute atomic E-state index is 0.740. The summed E-state index contributed by atoms with van der Waals surface area (Å²) in [7, 11) is 1.72. The summed E-state index contributed by atoms with van der Waals surface area (Å²) in [4.78, 5) is 4.47. The molecule has 0 atom stereocenters. The van der Waals surface area contributed by atoms with Crippen LogP contribution < -0.4 is 0 Å². The van der Waals surface area contributed by atoms with Crippen molar-refractivity contribution in [3.8, 4) is 0 Å². The van der Waals surface area contributed by atoms with Gasteiger partial charge in [0.15, 0.2) is 0 Å². The molecule has 14 heavy (non-hydrogen) atoms. The normalized spacial score (nSPS) is 11.0. The highest BCUT2D eigenvalue weighted by Crippen LogP contribution is 2.11. The zero-order valence-corrected chi connectivity index (χ0v) is 8.53. The number of nitrogens with zero attached hydrogens (tertiary/aromatic N) is 2. The molecular weight excluding hydrogens is 176 g/mol. The maximum absolute atomic E-state index is 5.08. The quantitative estimate of drug-likeness (QED) is 0.738. The van der Waals surface area contributed by atoms with E-state index >= 15 is 0 Å². The van der Waals surface area contributed by atoms with Gasteiger partial charge in [0.05, 0.1) is 12.3 Å². The van der Waals surface area contributed by atoms with Gasteiger partial charge in [-0.25, -0.2) is 4.98 Å². The summed E-state index contributed by atoms with van der Waals surface area (Å²) >= 11 is 0. The van der Waals surface area contributed by atoms with Crippen molar-refractivity contribution in [1.82, 2.24) is 9.38 Å². The van der Waals surface area contributed by atoms with Crippen LogP contribution in [-0.2, 0) is 11.2 Å². The van der Waals surface area contributed by atoms with Crippen LogP contribution in [0.4, 0.5) is 0 Å². The number of pyridine rings is 1. The second-order valence-electron chi connectivity index (χ2n) is 3.32. The molecule has 0 saturated carbocycles. The minimum atomic E-state index is 0.740. The number of hydrogen-bond acceptors (Lipinski definition) is 2. The van der Waals surface area contributed by atoms with Gasteiger partial charge in [0.1, 0.15) is 5.65 Å². The third kappa shape index (κ3) is 1.51. The molecule has 0 bridgehead atoms. The van der Waals surface area contributed by atoms with Crippen molar-refractivity contribution < 1.29 is 4.74 Å². The van der Waals surface area contributed by atoms with Gasteiger partial charge in [-0.1, -0.05) is 6.07 Å². The third-order valence-electron chi connectivity index (χ3n) is 2.37. The molecule has 0 aliphatic heterocycles. The van der Waals surface area contributed by atoms with Crippen LogP contribution in [0.5, 0.6) is 0 Å². The average molecular weight is 190 g/mol. The highest BCUT2D eigenvalue weighted by atomic mass is 16.5. The predicted octanol–water partition coefficient (Wildman–Crippen LogP) is 1.83. The molecule has 74 valence electrons. The first-order valence-electron chi connectivity index (χ1n) is 4.74. The van der Waals surface area contributed by atoms with E-state index in [1.807, 2.05) is 31.3 Å². The van der Waals surface area contributed by atoms with Gasteiger partial charge in [0.2, 0.25) is 0 Å². The molecule has 2 heterocycles. The number of fused-ring (bicyclic) bond motifs is 1. The SMILES string of the molecule is COCCc1c(C)nc2ccccn12. The molecule has 0 aliphatic rings. The van der Waals surface area contributed by atoms with Crippen molar-refractivity contribution in [1.29, 1.82) is 0 Å². The molecule has 2 aromatic heterocycles. The van der Waals surface area contributed by atoms with E-state index in [1.165, 1.54) is 5.69 Å². The predicted molar refractivity (Wildman–Crippen MR) is 55.5 cm³/mol. The molecule has 2 rings (SSSR count). The van der Waals surface area contributed by atoms with Gasteiger partial charge < -0.3 is 9.14 Å². The molecule has 0 N–H and O–H groups in total. The molecule has 0 spiro atoms. The van der Waals surface area contributed by atoms with Crippen LogP contribution in [0.1, 0.15) is 11.4 Å². The summed E-state index contributed by atoms with van der Waals surface area (Å²) in [6.45, 7) is 2.78. The Morgan fingerprint density at radius 1 is 1.43 bits per heavy atom. The largest absolute Gasteiger partial charge is 0.384 e. The summed E-state index contributed by atoms with van der Waals surface area (Å²) in [5.74, 6) is 0. The average Bonchev–Trinajstić information content (AvgIpc) is 2.51. The fraction of sp³-hybridized carbons (Fsp3) is 0.364. The van der Waals surface area contributed by atoms with Crippen molar-refractivity contribution in [3.05, 3.63) is 35.8 Å². The molecule has 0 amide bonds. The first-order chi connectivity index (χ1) is 6.83. The first-order valence-corrected chi connectivity index (χ1v) is 4.74. The van der Waals surface area contributed by atoms with Crippen LogP contribution in [0.3, 0.4) is 0 Å². The lowest BCUT2D eigenvalue weighted by Gasteiger charge is -2.01. The Morgan fingerprint density at radius 3 is 3.07 bits per heavy atom. The fourth-order valence-electron chi connectivity index (χ4n) is 1.66. The second-order valence-corrected chi connectivity index (χ2v) is 3.32. The molecule has 2 aromatic rings. The van der Waals surface area contributed by atoms with Crippen LogP contribution in [0.15, 0.2) is 24.4 Å². The number of imidazole rings is 1. The fourth-order valence-corrected chi connectivity index (χ4v) is 1.66. The molecular formula is C11H14N2O. The maximum atomic E-state index is 5.08. The lowest BCUT2D eigenvalue weighted by atomic mass is 10.3. The van der Waals surface area contributed by atoms with E-state index in [1.54, 1.807) is 7.11 Å². The van der Waals surface area contributed by atoms with Gasteiger partial charge in [0, 0.05) is 25.4 Å². The Balaban J connectivity index is 2.45. The Hall–Kier alpha value is -1.35. The zero-order valence-electron chi connectivity index (χ0n) is 8.53. The van der Waals surface area contributed by atoms with Crippen LogP contribution in [0.2, 0.25) is 0 Å². The molecule has 3 nitrogen and oxygen atoms in total. The molecule has 0 radical (unpaired) electrons. The molecule has 0 saturated heterocycles. The highest BCUT2D eigenvalue weighted by Gasteiger charge is 2.06. The molecule has 0 unspecified atom stereocenters. The van der Waals surface area contributed by atoms with E-state index in [0.717, 1.165) is 24.4 Å². The Morgan fingerprint density at radius 2 is 2.29 bits per heavy atom. The van der Waals surface area contributed by atoms with Gasteiger partial charge in [-0.3, -0.25) is 0 Å². The summed E-state index contributed by atoms with van der Waals surface area (Å²) in [5.41, 5.74) is 3.34. The Kier molecular flexibility index (Phi) is 2.50. The summed E-state index contributed by atoms with van der Waals surface area (Å²) < 4.78 is 7.20. The topological polar surface area (TPSA) is 26.5 Å². The van der Waals surface area contributed by atoms with Gasteiger partial charge in [-0.05, 0) is 19.1 Å². The van der Waals surface area contributed by atoms with E-state index in [2.05, 4.69) is 9.38 Å². The zero-order chi connectivity index (χ0) is 9.97. The molecule has 0 aliphatic carbocycles. The van der Waals surface area contributed by atoms with Crippen LogP contribution in [0, 0.1) is 6.92 Å². The van der Waals surface area contributed by atoms with E-state index in [-0.39, 0.29) is 0 Å². The van der Waals surface area contributed by atoms with Crippen molar-refractivity contribution >= 4 is 5.65 Å². The number of hydrogen-bond donors (Lipinski definition) is 0. The van der Waals surface area contributed by atoms with E-state index < -0.39 is 0 Å². The van der Waals surface area contributed by atoms with Crippen molar-refractivity contribution in [2.75, 3.05) is 13.7 Å². The van der Waals surface area contributed by atoms with Gasteiger partial charge in [-0.2, -0.15) is 0 Å². The smallest absolute Gasteiger partial charge is 0.137 e. The van der Waals surface area contributed by atoms with Gasteiger partial charge in [0.25, 0.3) is 0 Å². The third-order valence-corrected chi connectivity index (χ3v) is 2.37. The first kappa shape index (κ1) is 9.21. The Bertz CT molecular complexity index is 434. The summed E-state index contributed by atoms with van der Waals surface area (Å²) in [6.07, 6.45) is 2.95. The molecule has 3 heteroatoms. The van der Waals surface area contributed by atoms with Gasteiger partial charge in [-0.15, -0.1) is 0 Å². The van der Waals surface area contributed by atoms with Gasteiger partial charge >= 0.3 is 0 Å². The van der Waals surface area contributed by atoms with Crippen LogP contribution >= 0.6 is 0 Å². The van der Waals surface area contributed by atoms with Crippen molar-refractivity contribution in [2.45, 2.75) is 13.3 Å². The van der Waals surface area contributed by atoms with Crippen molar-refractivity contribution in [2.24, 2.45) is 0 Å². The number of aromatic nitrogens is 2. The lowest BCUT2D eigenvalue weighted by molar-refractivity contribution is 0.201. The van der Waals surface area contributed by atoms with E-state index in [0.29, 0.717) is 0 Å². The number of ether oxygens (including phenoxy) is 1. The van der Waals surface area contributed by atoms with Crippen molar-refractivity contribution in [3.63, 3.8) is 0 Å². The van der Waals surface area contributed by atoms with Crippen LogP contribution in [0.25, 0.3) is 5.65 Å². The minimum Gasteiger partial charge on any atom is -0.384 e. The maximum Gasteiger partial charge on any atom is 0.137 e. The Labute approximate surface area is 83.3 Å². The lowest BCUT2D eigenvalue weighted by Crippen LogP contribution is -1.99. The van der Waals surface area contributed by atoms with E-state index in [9.17, 15) is 0 Å². The molecule has 0 fully saturated rings. The summed E-state index contributed by atoms with van der Waals surface area (Å²) in [5, 5.41) is 0. The second kappa shape index (κ2) is 3.80. The standard InChI is InChI=1S/C11H14N2O/c1-9-10(6-8-14-2)13-7-4-3-5-11(13)12-9/h3-5,7H,6,8H2,1-2H3. The monoisotopic (exact) mass is 190 g/mol. The number of methoxy groups -OCH3 is 1. The number of rotatable bonds is 3. The highest BCUT2D eigenvalue weighted by molar-refractivity contribution is 5.42. The molecule has 0 aromatic carbocycles.